The number of ether oxygens (including phenoxy) is 1. The van der Waals surface area contributed by atoms with Gasteiger partial charge in [-0.05, 0) is 93.3 Å². The van der Waals surface area contributed by atoms with Crippen molar-refractivity contribution in [2.24, 2.45) is 40.9 Å². The SMILES string of the molecule is O=C(OC[C@@H](O)C[NH2+]C12CC3CC(CC(C3)C1)C2)C12CC3CC(CC(C3)C1)C2. The third-order valence-corrected chi connectivity index (χ3v) is 9.79. The molecule has 0 spiro atoms. The quantitative estimate of drug-likeness (QED) is 0.688. The third kappa shape index (κ3) is 3.05. The van der Waals surface area contributed by atoms with E-state index in [1.807, 2.05) is 0 Å². The second-order valence-corrected chi connectivity index (χ2v) is 12.2. The second-order valence-electron chi connectivity index (χ2n) is 12.2. The first-order chi connectivity index (χ1) is 13.5. The maximum absolute atomic E-state index is 13.0. The molecule has 0 saturated heterocycles. The standard InChI is InChI=1S/C24H37NO3/c26-21(13-25-24-10-18-4-19(11-24)6-20(5-18)12-24)14-28-22(27)23-7-15-1-16(8-23)3-17(2-15)9-23/h15-21,25-26H,1-14H2/p+1/t15?,16?,17?,18?,19?,20?,21-,23?,24?/m0/s1. The largest absolute Gasteiger partial charge is 0.462 e. The molecule has 28 heavy (non-hydrogen) atoms. The summed E-state index contributed by atoms with van der Waals surface area (Å²) >= 11 is 0. The minimum Gasteiger partial charge on any atom is -0.462 e. The van der Waals surface area contributed by atoms with Gasteiger partial charge in [0.15, 0.2) is 0 Å². The molecule has 1 atom stereocenters. The Morgan fingerprint density at radius 3 is 1.71 bits per heavy atom. The highest BCUT2D eigenvalue weighted by molar-refractivity contribution is 5.77. The van der Waals surface area contributed by atoms with Crippen LogP contribution in [0.15, 0.2) is 0 Å². The monoisotopic (exact) mass is 388 g/mol. The number of carbonyl (C=O) groups excluding carboxylic acids is 1. The molecule has 8 saturated carbocycles. The predicted molar refractivity (Wildman–Crippen MR) is 105 cm³/mol. The fraction of sp³-hybridized carbons (Fsp3) is 0.958. The Hall–Kier alpha value is -0.610. The third-order valence-electron chi connectivity index (χ3n) is 9.79. The van der Waals surface area contributed by atoms with E-state index in [4.69, 9.17) is 4.74 Å². The minimum atomic E-state index is -0.522. The van der Waals surface area contributed by atoms with Gasteiger partial charge in [0.2, 0.25) is 0 Å². The average Bonchev–Trinajstić information content (AvgIpc) is 2.62. The first kappa shape index (κ1) is 18.2. The second kappa shape index (κ2) is 6.44. The molecule has 8 aliphatic carbocycles. The van der Waals surface area contributed by atoms with Gasteiger partial charge in [-0.2, -0.15) is 0 Å². The molecule has 8 bridgehead atoms. The Kier molecular flexibility index (Phi) is 4.18. The molecule has 0 aromatic rings. The van der Waals surface area contributed by atoms with E-state index in [1.165, 1.54) is 57.8 Å². The highest BCUT2D eigenvalue weighted by atomic mass is 16.5. The zero-order valence-corrected chi connectivity index (χ0v) is 17.3. The highest BCUT2D eigenvalue weighted by Crippen LogP contribution is 2.60. The van der Waals surface area contributed by atoms with Crippen LogP contribution in [0.3, 0.4) is 0 Å². The molecular weight excluding hydrogens is 350 g/mol. The molecule has 0 aromatic carbocycles. The van der Waals surface area contributed by atoms with Crippen LogP contribution in [0.4, 0.5) is 0 Å². The molecule has 0 aromatic heterocycles. The maximum atomic E-state index is 13.0. The van der Waals surface area contributed by atoms with Crippen molar-refractivity contribution in [3.05, 3.63) is 0 Å². The maximum Gasteiger partial charge on any atom is 0.312 e. The van der Waals surface area contributed by atoms with Crippen LogP contribution in [0.5, 0.6) is 0 Å². The normalized spacial score (nSPS) is 51.5. The van der Waals surface area contributed by atoms with Gasteiger partial charge < -0.3 is 15.2 Å². The van der Waals surface area contributed by atoms with Gasteiger partial charge in [-0.3, -0.25) is 4.79 Å². The molecule has 0 unspecified atom stereocenters. The van der Waals surface area contributed by atoms with Crippen molar-refractivity contribution in [2.75, 3.05) is 13.2 Å². The molecule has 8 rings (SSSR count). The van der Waals surface area contributed by atoms with Crippen molar-refractivity contribution in [3.63, 3.8) is 0 Å². The number of carbonyl (C=O) groups is 1. The van der Waals surface area contributed by atoms with E-state index in [1.54, 1.807) is 0 Å². The number of hydrogen-bond donors (Lipinski definition) is 2. The van der Waals surface area contributed by atoms with E-state index in [-0.39, 0.29) is 18.0 Å². The van der Waals surface area contributed by atoms with Gasteiger partial charge in [-0.25, -0.2) is 0 Å². The fourth-order valence-corrected chi connectivity index (χ4v) is 9.57. The van der Waals surface area contributed by atoms with E-state index < -0.39 is 6.10 Å². The number of quaternary nitrogens is 1. The molecular formula is C24H38NO3+. The minimum absolute atomic E-state index is 0.0143. The summed E-state index contributed by atoms with van der Waals surface area (Å²) < 4.78 is 5.75. The van der Waals surface area contributed by atoms with Crippen LogP contribution < -0.4 is 5.32 Å². The van der Waals surface area contributed by atoms with E-state index in [0.29, 0.717) is 12.1 Å². The van der Waals surface area contributed by atoms with Gasteiger partial charge in [-0.15, -0.1) is 0 Å². The summed E-state index contributed by atoms with van der Waals surface area (Å²) in [7, 11) is 0. The van der Waals surface area contributed by atoms with Gasteiger partial charge >= 0.3 is 5.97 Å². The summed E-state index contributed by atoms with van der Waals surface area (Å²) in [6, 6.07) is 0. The van der Waals surface area contributed by atoms with Gasteiger partial charge in [-0.1, -0.05) is 0 Å². The Morgan fingerprint density at radius 2 is 1.25 bits per heavy atom. The van der Waals surface area contributed by atoms with Crippen molar-refractivity contribution in [1.29, 1.82) is 0 Å². The summed E-state index contributed by atoms with van der Waals surface area (Å²) in [4.78, 5) is 13.0. The Bertz CT molecular complexity index is 573. The lowest BCUT2D eigenvalue weighted by molar-refractivity contribution is -0.743. The molecule has 0 aliphatic heterocycles. The van der Waals surface area contributed by atoms with Crippen LogP contribution >= 0.6 is 0 Å². The average molecular weight is 389 g/mol. The van der Waals surface area contributed by atoms with Crippen molar-refractivity contribution < 1.29 is 20.0 Å². The van der Waals surface area contributed by atoms with Crippen LogP contribution in [-0.2, 0) is 9.53 Å². The van der Waals surface area contributed by atoms with Crippen LogP contribution in [0.25, 0.3) is 0 Å². The number of nitrogens with two attached hydrogens (primary N) is 1. The molecule has 0 radical (unpaired) electrons. The van der Waals surface area contributed by atoms with Crippen LogP contribution in [0.2, 0.25) is 0 Å². The lowest BCUT2D eigenvalue weighted by atomic mass is 9.49. The Morgan fingerprint density at radius 1 is 0.821 bits per heavy atom. The van der Waals surface area contributed by atoms with Crippen molar-refractivity contribution in [2.45, 2.75) is 88.7 Å². The smallest absolute Gasteiger partial charge is 0.312 e. The molecule has 0 heterocycles. The van der Waals surface area contributed by atoms with Crippen molar-refractivity contribution in [1.82, 2.24) is 0 Å². The van der Waals surface area contributed by atoms with Crippen molar-refractivity contribution in [3.8, 4) is 0 Å². The Balaban J connectivity index is 1.02. The summed E-state index contributed by atoms with van der Waals surface area (Å²) in [6.45, 7) is 0.893. The van der Waals surface area contributed by atoms with Crippen LogP contribution in [0, 0.1) is 40.9 Å². The van der Waals surface area contributed by atoms with Crippen LogP contribution in [-0.4, -0.2) is 35.9 Å². The zero-order valence-electron chi connectivity index (χ0n) is 17.3. The molecule has 156 valence electrons. The number of hydrogen-bond acceptors (Lipinski definition) is 3. The molecule has 4 heteroatoms. The predicted octanol–water partition coefficient (Wildman–Crippen LogP) is 2.64. The van der Waals surface area contributed by atoms with E-state index in [0.717, 1.165) is 54.8 Å². The fourth-order valence-electron chi connectivity index (χ4n) is 9.57. The molecule has 8 aliphatic rings. The number of rotatable bonds is 6. The lowest BCUT2D eigenvalue weighted by Crippen LogP contribution is -3.00. The first-order valence-electron chi connectivity index (χ1n) is 12.2. The zero-order chi connectivity index (χ0) is 18.9. The van der Waals surface area contributed by atoms with E-state index in [9.17, 15) is 9.90 Å². The number of aliphatic hydroxyl groups excluding tert-OH is 1. The molecule has 0 amide bonds. The topological polar surface area (TPSA) is 63.1 Å². The van der Waals surface area contributed by atoms with E-state index >= 15 is 0 Å². The van der Waals surface area contributed by atoms with Gasteiger partial charge in [0.1, 0.15) is 19.3 Å². The first-order valence-corrected chi connectivity index (χ1v) is 12.2. The highest BCUT2D eigenvalue weighted by Gasteiger charge is 2.56. The molecule has 3 N–H and O–H groups in total. The summed E-state index contributed by atoms with van der Waals surface area (Å²) in [5, 5.41) is 13.0. The van der Waals surface area contributed by atoms with E-state index in [2.05, 4.69) is 5.32 Å². The number of esters is 1. The van der Waals surface area contributed by atoms with Crippen molar-refractivity contribution >= 4 is 5.97 Å². The molecule has 4 nitrogen and oxygen atoms in total. The van der Waals surface area contributed by atoms with Crippen LogP contribution in [0.1, 0.15) is 77.0 Å². The lowest BCUT2D eigenvalue weighted by Gasteiger charge is -2.55. The summed E-state index contributed by atoms with van der Waals surface area (Å²) in [5.74, 6) is 5.10. The number of aliphatic hydroxyl groups is 1. The Labute approximate surface area is 169 Å². The molecule has 8 fully saturated rings. The van der Waals surface area contributed by atoms with Gasteiger partial charge in [0, 0.05) is 19.3 Å². The summed E-state index contributed by atoms with van der Waals surface area (Å²) in [6.07, 6.45) is 15.1. The van der Waals surface area contributed by atoms with Gasteiger partial charge in [0.25, 0.3) is 0 Å². The summed E-state index contributed by atoms with van der Waals surface area (Å²) in [5.41, 5.74) is 0.192. The van der Waals surface area contributed by atoms with Gasteiger partial charge in [0.05, 0.1) is 11.0 Å².